The zero-order chi connectivity index (χ0) is 13.9. The van der Waals surface area contributed by atoms with Crippen molar-refractivity contribution in [2.24, 2.45) is 5.92 Å². The molecule has 0 saturated carbocycles. The van der Waals surface area contributed by atoms with Crippen molar-refractivity contribution in [3.05, 3.63) is 24.0 Å². The summed E-state index contributed by atoms with van der Waals surface area (Å²) in [5, 5.41) is 8.92. The first-order chi connectivity index (χ1) is 9.09. The van der Waals surface area contributed by atoms with Gasteiger partial charge >= 0.3 is 0 Å². The molecule has 0 spiro atoms. The van der Waals surface area contributed by atoms with Crippen molar-refractivity contribution < 1.29 is 13.2 Å². The molecule has 0 aromatic carbocycles. The summed E-state index contributed by atoms with van der Waals surface area (Å²) < 4.78 is 26.1. The average molecular weight is 279 g/mol. The number of sulfonamides is 1. The van der Waals surface area contributed by atoms with Crippen molar-refractivity contribution in [2.45, 2.75) is 17.7 Å². The number of hydrogen-bond donors (Lipinski definition) is 0. The molecule has 0 amide bonds. The summed E-state index contributed by atoms with van der Waals surface area (Å²) in [5.41, 5.74) is -0.0972. The van der Waals surface area contributed by atoms with E-state index >= 15 is 0 Å². The molecular weight excluding hydrogens is 266 g/mol. The normalized spacial score (nSPS) is 17.8. The summed E-state index contributed by atoms with van der Waals surface area (Å²) in [4.78, 5) is 14.4. The zero-order valence-corrected chi connectivity index (χ0v) is 11.0. The number of pyridine rings is 1. The van der Waals surface area contributed by atoms with Gasteiger partial charge in [-0.05, 0) is 25.0 Å². The standard InChI is InChI=1S/C12H13N3O3S/c13-8-11-12(2-1-5-14-11)19(17,18)15-6-3-10(9-16)4-7-15/h1-2,5,9-10H,3-4,6-7H2. The monoisotopic (exact) mass is 279 g/mol. The molecule has 1 fully saturated rings. The van der Waals surface area contributed by atoms with Crippen molar-refractivity contribution in [3.8, 4) is 6.07 Å². The number of nitriles is 1. The first-order valence-electron chi connectivity index (χ1n) is 5.90. The minimum Gasteiger partial charge on any atom is -0.303 e. The molecule has 19 heavy (non-hydrogen) atoms. The lowest BCUT2D eigenvalue weighted by molar-refractivity contribution is -0.112. The summed E-state index contributed by atoms with van der Waals surface area (Å²) >= 11 is 0. The van der Waals surface area contributed by atoms with E-state index in [4.69, 9.17) is 5.26 Å². The van der Waals surface area contributed by atoms with Crippen LogP contribution in [0.25, 0.3) is 0 Å². The van der Waals surface area contributed by atoms with Gasteiger partial charge in [0.25, 0.3) is 0 Å². The van der Waals surface area contributed by atoms with Crippen LogP contribution >= 0.6 is 0 Å². The Morgan fingerprint density at radius 1 is 1.42 bits per heavy atom. The lowest BCUT2D eigenvalue weighted by atomic mass is 10.0. The Morgan fingerprint density at radius 3 is 2.68 bits per heavy atom. The summed E-state index contributed by atoms with van der Waals surface area (Å²) in [5.74, 6) is -0.0733. The summed E-state index contributed by atoms with van der Waals surface area (Å²) in [6, 6.07) is 4.66. The third kappa shape index (κ3) is 2.64. The smallest absolute Gasteiger partial charge is 0.245 e. The fraction of sp³-hybridized carbons (Fsp3) is 0.417. The van der Waals surface area contributed by atoms with Gasteiger partial charge in [0, 0.05) is 25.2 Å². The minimum absolute atomic E-state index is 0.0675. The highest BCUT2D eigenvalue weighted by Gasteiger charge is 2.31. The number of aromatic nitrogens is 1. The molecule has 7 heteroatoms. The van der Waals surface area contributed by atoms with Gasteiger partial charge in [-0.15, -0.1) is 0 Å². The van der Waals surface area contributed by atoms with Gasteiger partial charge in [0.1, 0.15) is 17.3 Å². The Morgan fingerprint density at radius 2 is 2.11 bits per heavy atom. The number of piperidine rings is 1. The van der Waals surface area contributed by atoms with Gasteiger partial charge < -0.3 is 4.79 Å². The quantitative estimate of drug-likeness (QED) is 0.754. The van der Waals surface area contributed by atoms with Gasteiger partial charge in [0.2, 0.25) is 10.0 Å². The maximum Gasteiger partial charge on any atom is 0.245 e. The lowest BCUT2D eigenvalue weighted by Crippen LogP contribution is -2.39. The Labute approximate surface area is 111 Å². The van der Waals surface area contributed by atoms with E-state index in [1.165, 1.54) is 22.6 Å². The molecule has 0 N–H and O–H groups in total. The summed E-state index contributed by atoms with van der Waals surface area (Å²) in [6.45, 7) is 0.594. The zero-order valence-electron chi connectivity index (χ0n) is 10.2. The molecule has 1 aromatic heterocycles. The molecule has 0 aliphatic carbocycles. The third-order valence-corrected chi connectivity index (χ3v) is 5.12. The number of nitrogens with zero attached hydrogens (tertiary/aromatic N) is 3. The number of carbonyl (C=O) groups excluding carboxylic acids is 1. The fourth-order valence-corrected chi connectivity index (χ4v) is 3.64. The lowest BCUT2D eigenvalue weighted by Gasteiger charge is -2.28. The molecule has 1 aromatic rings. The summed E-state index contributed by atoms with van der Waals surface area (Å²) in [7, 11) is -3.70. The second-order valence-electron chi connectivity index (χ2n) is 4.34. The van der Waals surface area contributed by atoms with Crippen LogP contribution in [0.3, 0.4) is 0 Å². The molecule has 0 bridgehead atoms. The van der Waals surface area contributed by atoms with E-state index in [1.54, 1.807) is 6.07 Å². The van der Waals surface area contributed by atoms with Crippen molar-refractivity contribution in [2.75, 3.05) is 13.1 Å². The molecule has 0 unspecified atom stereocenters. The van der Waals surface area contributed by atoms with Crippen LogP contribution in [-0.2, 0) is 14.8 Å². The predicted molar refractivity (Wildman–Crippen MR) is 66.5 cm³/mol. The molecule has 6 nitrogen and oxygen atoms in total. The maximum atomic E-state index is 12.4. The van der Waals surface area contributed by atoms with Crippen molar-refractivity contribution in [1.82, 2.24) is 9.29 Å². The number of aldehydes is 1. The largest absolute Gasteiger partial charge is 0.303 e. The van der Waals surface area contributed by atoms with Gasteiger partial charge in [-0.3, -0.25) is 0 Å². The molecule has 1 aliphatic rings. The molecule has 0 radical (unpaired) electrons. The van der Waals surface area contributed by atoms with Crippen molar-refractivity contribution >= 4 is 16.3 Å². The molecule has 100 valence electrons. The highest BCUT2D eigenvalue weighted by molar-refractivity contribution is 7.89. The van der Waals surface area contributed by atoms with E-state index < -0.39 is 10.0 Å². The number of carbonyl (C=O) groups is 1. The SMILES string of the molecule is N#Cc1ncccc1S(=O)(=O)N1CCC(C=O)CC1. The van der Waals surface area contributed by atoms with Crippen LogP contribution in [-0.4, -0.2) is 37.1 Å². The fourth-order valence-electron chi connectivity index (χ4n) is 2.07. The topological polar surface area (TPSA) is 91.1 Å². The van der Waals surface area contributed by atoms with Gasteiger partial charge in [0.05, 0.1) is 0 Å². The molecule has 0 atom stereocenters. The summed E-state index contributed by atoms with van der Waals surface area (Å²) in [6.07, 6.45) is 3.29. The van der Waals surface area contributed by atoms with Crippen LogP contribution in [0.4, 0.5) is 0 Å². The van der Waals surface area contributed by atoms with Crippen LogP contribution in [0.2, 0.25) is 0 Å². The Kier molecular flexibility index (Phi) is 3.93. The van der Waals surface area contributed by atoms with Crippen LogP contribution in [0.15, 0.2) is 23.2 Å². The number of rotatable bonds is 3. The molecule has 2 heterocycles. The highest BCUT2D eigenvalue weighted by Crippen LogP contribution is 2.23. The van der Waals surface area contributed by atoms with E-state index in [0.29, 0.717) is 25.9 Å². The number of hydrogen-bond acceptors (Lipinski definition) is 5. The van der Waals surface area contributed by atoms with Crippen LogP contribution in [0.1, 0.15) is 18.5 Å². The van der Waals surface area contributed by atoms with E-state index in [1.807, 2.05) is 0 Å². The van der Waals surface area contributed by atoms with E-state index in [2.05, 4.69) is 4.98 Å². The van der Waals surface area contributed by atoms with E-state index in [-0.39, 0.29) is 16.5 Å². The Bertz CT molecular complexity index is 613. The molecule has 1 saturated heterocycles. The van der Waals surface area contributed by atoms with Crippen LogP contribution in [0, 0.1) is 17.2 Å². The van der Waals surface area contributed by atoms with Crippen LogP contribution in [0.5, 0.6) is 0 Å². The average Bonchev–Trinajstić information content (AvgIpc) is 2.47. The van der Waals surface area contributed by atoms with Gasteiger partial charge in [-0.25, -0.2) is 13.4 Å². The second-order valence-corrected chi connectivity index (χ2v) is 6.25. The maximum absolute atomic E-state index is 12.4. The first kappa shape index (κ1) is 13.6. The van der Waals surface area contributed by atoms with Gasteiger partial charge in [-0.2, -0.15) is 9.57 Å². The first-order valence-corrected chi connectivity index (χ1v) is 7.34. The second kappa shape index (κ2) is 5.47. The van der Waals surface area contributed by atoms with E-state index in [9.17, 15) is 13.2 Å². The minimum atomic E-state index is -3.70. The molecule has 1 aliphatic heterocycles. The van der Waals surface area contributed by atoms with E-state index in [0.717, 1.165) is 6.29 Å². The Hall–Kier alpha value is -1.78. The highest BCUT2D eigenvalue weighted by atomic mass is 32.2. The van der Waals surface area contributed by atoms with Crippen molar-refractivity contribution in [1.29, 1.82) is 5.26 Å². The van der Waals surface area contributed by atoms with Crippen LogP contribution < -0.4 is 0 Å². The Balaban J connectivity index is 2.29. The third-order valence-electron chi connectivity index (χ3n) is 3.19. The van der Waals surface area contributed by atoms with Gasteiger partial charge in [0.15, 0.2) is 5.69 Å². The predicted octanol–water partition coefficient (Wildman–Crippen LogP) is 0.553. The van der Waals surface area contributed by atoms with Gasteiger partial charge in [-0.1, -0.05) is 0 Å². The molecular formula is C12H13N3O3S. The van der Waals surface area contributed by atoms with Crippen molar-refractivity contribution in [3.63, 3.8) is 0 Å². The molecule has 2 rings (SSSR count).